The van der Waals surface area contributed by atoms with Gasteiger partial charge in [-0.1, -0.05) is 75.8 Å². The zero-order chi connectivity index (χ0) is 28.8. The normalized spacial score (nSPS) is 17.4. The van der Waals surface area contributed by atoms with Crippen LogP contribution < -0.4 is 21.7 Å². The van der Waals surface area contributed by atoms with Crippen molar-refractivity contribution in [1.29, 1.82) is 0 Å². The smallest absolute Gasteiger partial charge is 0.408 e. The van der Waals surface area contributed by atoms with Crippen LogP contribution in [0.1, 0.15) is 84.6 Å². The Labute approximate surface area is 234 Å². The van der Waals surface area contributed by atoms with Crippen LogP contribution in [0.5, 0.6) is 0 Å². The van der Waals surface area contributed by atoms with E-state index in [1.807, 2.05) is 37.3 Å². The summed E-state index contributed by atoms with van der Waals surface area (Å²) in [6.07, 6.45) is 6.70. The Bertz CT molecular complexity index is 879. The van der Waals surface area contributed by atoms with Gasteiger partial charge in [-0.2, -0.15) is 0 Å². The summed E-state index contributed by atoms with van der Waals surface area (Å²) in [5.74, 6) is -0.221. The molecule has 3 amide bonds. The lowest BCUT2D eigenvalue weighted by Crippen LogP contribution is -2.53. The van der Waals surface area contributed by atoms with Crippen molar-refractivity contribution in [3.63, 3.8) is 0 Å². The number of nitrogens with two attached hydrogens (primary N) is 1. The molecule has 1 fully saturated rings. The fourth-order valence-electron chi connectivity index (χ4n) is 5.09. The van der Waals surface area contributed by atoms with E-state index in [9.17, 15) is 19.5 Å². The molecule has 1 aromatic rings. The van der Waals surface area contributed by atoms with Crippen molar-refractivity contribution in [2.45, 2.75) is 109 Å². The molecule has 0 spiro atoms. The SMILES string of the molecule is CC[C@H](CN)C[C@H](O)[C@H](CC1CCCCC1)NC(=O)CNC(=O)[C@H](Cc1ccccc1)NC(=O)OC(C)(C)C. The number of hydrogen-bond acceptors (Lipinski definition) is 6. The number of carbonyl (C=O) groups is 3. The highest BCUT2D eigenvalue weighted by atomic mass is 16.6. The van der Waals surface area contributed by atoms with Gasteiger partial charge < -0.3 is 31.5 Å². The lowest BCUT2D eigenvalue weighted by atomic mass is 9.82. The number of amides is 3. The summed E-state index contributed by atoms with van der Waals surface area (Å²) < 4.78 is 5.34. The molecule has 39 heavy (non-hydrogen) atoms. The summed E-state index contributed by atoms with van der Waals surface area (Å²) in [7, 11) is 0. The Morgan fingerprint density at radius 3 is 2.33 bits per heavy atom. The van der Waals surface area contributed by atoms with Gasteiger partial charge in [0, 0.05) is 6.42 Å². The third kappa shape index (κ3) is 12.8. The lowest BCUT2D eigenvalue weighted by molar-refractivity contribution is -0.128. The van der Waals surface area contributed by atoms with Crippen LogP contribution >= 0.6 is 0 Å². The quantitative estimate of drug-likeness (QED) is 0.242. The Morgan fingerprint density at radius 2 is 1.74 bits per heavy atom. The van der Waals surface area contributed by atoms with Crippen molar-refractivity contribution < 1.29 is 24.2 Å². The second-order valence-corrected chi connectivity index (χ2v) is 11.8. The van der Waals surface area contributed by atoms with Crippen molar-refractivity contribution in [2.75, 3.05) is 13.1 Å². The average molecular weight is 547 g/mol. The molecule has 0 bridgehead atoms. The summed E-state index contributed by atoms with van der Waals surface area (Å²) >= 11 is 0. The van der Waals surface area contributed by atoms with E-state index in [0.29, 0.717) is 25.3 Å². The second-order valence-electron chi connectivity index (χ2n) is 11.8. The van der Waals surface area contributed by atoms with Gasteiger partial charge in [0.05, 0.1) is 18.7 Å². The molecule has 9 nitrogen and oxygen atoms in total. The van der Waals surface area contributed by atoms with E-state index in [1.54, 1.807) is 20.8 Å². The molecule has 1 aromatic carbocycles. The Kier molecular flexibility index (Phi) is 13.7. The van der Waals surface area contributed by atoms with E-state index in [2.05, 4.69) is 16.0 Å². The van der Waals surface area contributed by atoms with Crippen LogP contribution in [0.25, 0.3) is 0 Å². The number of rotatable bonds is 14. The first-order chi connectivity index (χ1) is 18.5. The number of benzene rings is 1. The van der Waals surface area contributed by atoms with Gasteiger partial charge in [-0.25, -0.2) is 4.79 Å². The van der Waals surface area contributed by atoms with Crippen LogP contribution in [-0.4, -0.2) is 59.9 Å². The van der Waals surface area contributed by atoms with Crippen LogP contribution in [0.3, 0.4) is 0 Å². The highest BCUT2D eigenvalue weighted by molar-refractivity contribution is 5.89. The van der Waals surface area contributed by atoms with Crippen LogP contribution in [0, 0.1) is 11.8 Å². The van der Waals surface area contributed by atoms with Crippen molar-refractivity contribution in [3.8, 4) is 0 Å². The third-order valence-corrected chi connectivity index (χ3v) is 7.32. The minimum Gasteiger partial charge on any atom is -0.444 e. The van der Waals surface area contributed by atoms with Crippen molar-refractivity contribution in [3.05, 3.63) is 35.9 Å². The number of hydrogen-bond donors (Lipinski definition) is 5. The Balaban J connectivity index is 2.02. The van der Waals surface area contributed by atoms with Crippen molar-refractivity contribution in [2.24, 2.45) is 17.6 Å². The average Bonchev–Trinajstić information content (AvgIpc) is 2.89. The molecule has 0 heterocycles. The summed E-state index contributed by atoms with van der Waals surface area (Å²) in [6, 6.07) is 8.00. The minimum absolute atomic E-state index is 0.183. The summed E-state index contributed by atoms with van der Waals surface area (Å²) in [6.45, 7) is 7.52. The first kappa shape index (κ1) is 32.6. The number of aliphatic hydroxyl groups is 1. The van der Waals surface area contributed by atoms with Gasteiger partial charge in [0.15, 0.2) is 0 Å². The van der Waals surface area contributed by atoms with E-state index in [-0.39, 0.29) is 24.8 Å². The van der Waals surface area contributed by atoms with E-state index in [4.69, 9.17) is 10.5 Å². The van der Waals surface area contributed by atoms with Gasteiger partial charge in [0.25, 0.3) is 0 Å². The van der Waals surface area contributed by atoms with Crippen LogP contribution in [0.4, 0.5) is 4.79 Å². The molecule has 4 atom stereocenters. The number of aliphatic hydroxyl groups excluding tert-OH is 1. The minimum atomic E-state index is -0.923. The zero-order valence-electron chi connectivity index (χ0n) is 24.2. The number of carbonyl (C=O) groups excluding carboxylic acids is 3. The molecule has 9 heteroatoms. The predicted octanol–water partition coefficient (Wildman–Crippen LogP) is 3.43. The van der Waals surface area contributed by atoms with Gasteiger partial charge in [-0.3, -0.25) is 9.59 Å². The molecule has 220 valence electrons. The molecule has 6 N–H and O–H groups in total. The van der Waals surface area contributed by atoms with E-state index in [0.717, 1.165) is 24.8 Å². The predicted molar refractivity (Wildman–Crippen MR) is 153 cm³/mol. The molecular weight excluding hydrogens is 496 g/mol. The highest BCUT2D eigenvalue weighted by Crippen LogP contribution is 2.29. The standard InChI is InChI=1S/C30H50N4O5/c1-5-21(19-31)18-26(35)24(16-22-12-8-6-9-13-22)33-27(36)20-32-28(37)25(17-23-14-10-7-11-15-23)34-29(38)39-30(2,3)4/h7,10-11,14-15,21-22,24-26,35H,5-6,8-9,12-13,16-20,31H2,1-4H3,(H,32,37)(H,33,36)(H,34,38)/t21-,24-,25-,26-/m0/s1. The maximum atomic E-state index is 13.1. The van der Waals surface area contributed by atoms with Gasteiger partial charge >= 0.3 is 6.09 Å². The maximum absolute atomic E-state index is 13.1. The number of nitrogens with one attached hydrogen (secondary N) is 3. The molecule has 2 rings (SSSR count). The van der Waals surface area contributed by atoms with Gasteiger partial charge in [-0.05, 0) is 57.6 Å². The third-order valence-electron chi connectivity index (χ3n) is 7.32. The second kappa shape index (κ2) is 16.5. The van der Waals surface area contributed by atoms with Crippen molar-refractivity contribution >= 4 is 17.9 Å². The van der Waals surface area contributed by atoms with Gasteiger partial charge in [-0.15, -0.1) is 0 Å². The van der Waals surface area contributed by atoms with E-state index < -0.39 is 35.8 Å². The summed E-state index contributed by atoms with van der Waals surface area (Å²) in [4.78, 5) is 38.5. The van der Waals surface area contributed by atoms with E-state index in [1.165, 1.54) is 19.3 Å². The highest BCUT2D eigenvalue weighted by Gasteiger charge is 2.29. The molecule has 1 aliphatic rings. The summed E-state index contributed by atoms with van der Waals surface area (Å²) in [5.41, 5.74) is 6.01. The van der Waals surface area contributed by atoms with Crippen molar-refractivity contribution in [1.82, 2.24) is 16.0 Å². The lowest BCUT2D eigenvalue weighted by Gasteiger charge is -2.31. The summed E-state index contributed by atoms with van der Waals surface area (Å²) in [5, 5.41) is 19.3. The Morgan fingerprint density at radius 1 is 1.08 bits per heavy atom. The monoisotopic (exact) mass is 546 g/mol. The Hall–Kier alpha value is -2.65. The zero-order valence-corrected chi connectivity index (χ0v) is 24.2. The first-order valence-corrected chi connectivity index (χ1v) is 14.5. The van der Waals surface area contributed by atoms with Crippen LogP contribution in [0.15, 0.2) is 30.3 Å². The van der Waals surface area contributed by atoms with Gasteiger partial charge in [0.1, 0.15) is 11.6 Å². The molecule has 1 aliphatic carbocycles. The molecular formula is C30H50N4O5. The largest absolute Gasteiger partial charge is 0.444 e. The topological polar surface area (TPSA) is 143 Å². The number of ether oxygens (including phenoxy) is 1. The van der Waals surface area contributed by atoms with Crippen LogP contribution in [-0.2, 0) is 20.7 Å². The number of alkyl carbamates (subject to hydrolysis) is 1. The fraction of sp³-hybridized carbons (Fsp3) is 0.700. The molecule has 0 aliphatic heterocycles. The fourth-order valence-corrected chi connectivity index (χ4v) is 5.09. The maximum Gasteiger partial charge on any atom is 0.408 e. The molecule has 1 saturated carbocycles. The molecule has 0 saturated heterocycles. The van der Waals surface area contributed by atoms with Gasteiger partial charge in [0.2, 0.25) is 11.8 Å². The van der Waals surface area contributed by atoms with E-state index >= 15 is 0 Å². The molecule has 0 aromatic heterocycles. The molecule has 0 unspecified atom stereocenters. The first-order valence-electron chi connectivity index (χ1n) is 14.5. The van der Waals surface area contributed by atoms with Crippen LogP contribution in [0.2, 0.25) is 0 Å². The molecule has 0 radical (unpaired) electrons.